The Morgan fingerprint density at radius 2 is 1.00 bits per heavy atom. The van der Waals surface area contributed by atoms with Crippen molar-refractivity contribution in [3.05, 3.63) is 0 Å². The van der Waals surface area contributed by atoms with Crippen LogP contribution < -0.4 is 0 Å². The summed E-state index contributed by atoms with van der Waals surface area (Å²) in [6, 6.07) is 0. The van der Waals surface area contributed by atoms with E-state index in [0.717, 1.165) is 0 Å². The molecule has 0 unspecified atom stereocenters. The van der Waals surface area contributed by atoms with Crippen LogP contribution in [-0.4, -0.2) is 0 Å². The molecule has 0 aromatic heterocycles. The third-order valence-corrected chi connectivity index (χ3v) is 0. The van der Waals surface area contributed by atoms with Gasteiger partial charge < -0.3 is 0 Å². The van der Waals surface area contributed by atoms with Gasteiger partial charge in [-0.25, -0.2) is 0 Å². The van der Waals surface area contributed by atoms with Crippen LogP contribution in [-0.2, 0) is 73.8 Å². The predicted molar refractivity (Wildman–Crippen MR) is 0 cm³/mol. The van der Waals surface area contributed by atoms with Crippen LogP contribution in [0.4, 0.5) is 0 Å². The topological polar surface area (TPSA) is 0 Å². The van der Waals surface area contributed by atoms with Crippen LogP contribution in [0.1, 0.15) is 0 Å². The number of rotatable bonds is 0. The molecule has 0 aliphatic rings. The fourth-order valence-electron chi connectivity index (χ4n) is 0. The molecule has 26 valence electrons. The van der Waals surface area contributed by atoms with Gasteiger partial charge in [-0.1, -0.05) is 0 Å². The third kappa shape index (κ3) is 8.85. The van der Waals surface area contributed by atoms with Gasteiger partial charge in [-0.15, -0.1) is 0 Å². The Kier molecular flexibility index (Phi) is 154. The minimum absolute atomic E-state index is 0. The molecule has 4 heavy (non-hydrogen) atoms. The van der Waals surface area contributed by atoms with Crippen molar-refractivity contribution in [3.63, 3.8) is 0 Å². The van der Waals surface area contributed by atoms with Crippen LogP contribution in [0.25, 0.3) is 0 Å². The van der Waals surface area contributed by atoms with Crippen LogP contribution in [0.15, 0.2) is 0 Å². The molecule has 0 heterocycles. The fourth-order valence-corrected chi connectivity index (χ4v) is 0. The Morgan fingerprint density at radius 3 is 1.00 bits per heavy atom. The summed E-state index contributed by atoms with van der Waals surface area (Å²) in [7, 11) is 0. The number of hydrogen-bond acceptors (Lipinski definition) is 0. The maximum absolute atomic E-state index is 0. The van der Waals surface area contributed by atoms with Gasteiger partial charge in [0, 0.05) is 73.8 Å². The monoisotopic (exact) mass is 212 g/mol. The predicted octanol–water partition coefficient (Wildman–Crippen LogP) is -0.0100. The van der Waals surface area contributed by atoms with Gasteiger partial charge in [0.1, 0.15) is 0 Å². The summed E-state index contributed by atoms with van der Waals surface area (Å²) < 4.78 is 0. The first-order chi connectivity index (χ1) is 0. The average Bonchev–Trinajstić information content (AvgIpc) is 0. The minimum atomic E-state index is 0. The fraction of sp³-hybridized carbons (Fsp3) is 0. The summed E-state index contributed by atoms with van der Waals surface area (Å²) >= 11 is 0. The normalized spacial score (nSPS) is 0. The van der Waals surface area contributed by atoms with Crippen molar-refractivity contribution in [3.8, 4) is 0 Å². The molecule has 4 heteroatoms. The van der Waals surface area contributed by atoms with Crippen molar-refractivity contribution in [2.75, 3.05) is 0 Å². The largest absolute Gasteiger partial charge is 0 e. The maximum atomic E-state index is 0. The van der Waals surface area contributed by atoms with E-state index in [-0.39, 0.29) is 73.8 Å². The van der Waals surface area contributed by atoms with E-state index in [9.17, 15) is 0 Å². The molecule has 0 bridgehead atoms. The van der Waals surface area contributed by atoms with Crippen molar-refractivity contribution in [2.45, 2.75) is 0 Å². The Morgan fingerprint density at radius 1 is 1.00 bits per heavy atom. The molecule has 2 radical (unpaired) electrons. The van der Waals surface area contributed by atoms with Gasteiger partial charge in [0.2, 0.25) is 0 Å². The Labute approximate surface area is 73.0 Å². The van der Waals surface area contributed by atoms with E-state index < -0.39 is 0 Å². The zero-order valence-corrected chi connectivity index (χ0v) is 6.77. The molecule has 0 N–H and O–H groups in total. The maximum Gasteiger partial charge on any atom is 0 e. The van der Waals surface area contributed by atoms with Crippen LogP contribution in [0.5, 0.6) is 0 Å². The van der Waals surface area contributed by atoms with Crippen LogP contribution in [0, 0.1) is 0 Å². The molecule has 0 nitrogen and oxygen atoms in total. The van der Waals surface area contributed by atoms with E-state index in [0.29, 0.717) is 0 Å². The van der Waals surface area contributed by atoms with Gasteiger partial charge in [0.25, 0.3) is 0 Å². The first-order valence-electron chi connectivity index (χ1n) is 0. The van der Waals surface area contributed by atoms with Gasteiger partial charge in [-0.05, 0) is 0 Å². The molecule has 0 atom stereocenters. The van der Waals surface area contributed by atoms with Crippen molar-refractivity contribution in [2.24, 2.45) is 0 Å². The summed E-state index contributed by atoms with van der Waals surface area (Å²) in [4.78, 5) is 0. The van der Waals surface area contributed by atoms with Crippen molar-refractivity contribution in [1.82, 2.24) is 0 Å². The summed E-state index contributed by atoms with van der Waals surface area (Å²) in [6.07, 6.45) is 0. The molecule has 0 aromatic rings. The first kappa shape index (κ1) is 33.3. The third-order valence-electron chi connectivity index (χ3n) is 0. The molecule has 0 saturated carbocycles. The van der Waals surface area contributed by atoms with Crippen molar-refractivity contribution >= 4 is 0 Å². The van der Waals surface area contributed by atoms with Gasteiger partial charge in [-0.2, -0.15) is 0 Å². The van der Waals surface area contributed by atoms with Gasteiger partial charge >= 0.3 is 0 Å². The second-order valence-corrected chi connectivity index (χ2v) is 0. The number of hydrogen-bond donors (Lipinski definition) is 0. The molecule has 0 spiro atoms. The SMILES string of the molecule is [Mn].[Ni].[Ti].[V]. The summed E-state index contributed by atoms with van der Waals surface area (Å²) in [6.45, 7) is 0. The Bertz CT molecular complexity index is 8.00. The Balaban J connectivity index is 0. The van der Waals surface area contributed by atoms with Gasteiger partial charge in [0.15, 0.2) is 0 Å². The molecular weight excluding hydrogens is 212 g/mol. The summed E-state index contributed by atoms with van der Waals surface area (Å²) in [5.74, 6) is 0. The first-order valence-corrected chi connectivity index (χ1v) is 0. The standard InChI is InChI=1S/Mn.Ni.Ti.V. The molecule has 0 saturated heterocycles. The van der Waals surface area contributed by atoms with E-state index in [1.165, 1.54) is 0 Å². The van der Waals surface area contributed by atoms with E-state index in [1.807, 2.05) is 0 Å². The molecule has 0 rings (SSSR count). The summed E-state index contributed by atoms with van der Waals surface area (Å²) in [5.41, 5.74) is 0. The quantitative estimate of drug-likeness (QED) is 0.496. The van der Waals surface area contributed by atoms with Crippen molar-refractivity contribution in [1.29, 1.82) is 0 Å². The van der Waals surface area contributed by atoms with E-state index in [4.69, 9.17) is 0 Å². The second-order valence-electron chi connectivity index (χ2n) is 0. The minimum Gasteiger partial charge on any atom is 0 e. The molecule has 0 aliphatic carbocycles. The second kappa shape index (κ2) is 18.5. The zero-order valence-electron chi connectivity index (χ0n) is 1.64. The van der Waals surface area contributed by atoms with Gasteiger partial charge in [-0.3, -0.25) is 0 Å². The van der Waals surface area contributed by atoms with E-state index in [2.05, 4.69) is 0 Å². The van der Waals surface area contributed by atoms with E-state index >= 15 is 0 Å². The van der Waals surface area contributed by atoms with E-state index in [1.54, 1.807) is 0 Å². The van der Waals surface area contributed by atoms with Gasteiger partial charge in [0.05, 0.1) is 0 Å². The molecule has 0 fully saturated rings. The smallest absolute Gasteiger partial charge is 0 e. The summed E-state index contributed by atoms with van der Waals surface area (Å²) in [5, 5.41) is 0. The van der Waals surface area contributed by atoms with Crippen LogP contribution in [0.2, 0.25) is 0 Å². The molecule has 0 amide bonds. The van der Waals surface area contributed by atoms with Crippen LogP contribution >= 0.6 is 0 Å². The van der Waals surface area contributed by atoms with Crippen molar-refractivity contribution < 1.29 is 73.8 Å². The Hall–Kier alpha value is 2.31. The molecule has 0 aromatic carbocycles. The van der Waals surface area contributed by atoms with Crippen LogP contribution in [0.3, 0.4) is 0 Å². The molecular formula is MnNiTiV. The molecule has 0 aliphatic heterocycles. The zero-order chi connectivity index (χ0) is 0. The average molecular weight is 212 g/mol.